The van der Waals surface area contributed by atoms with Crippen LogP contribution in [0.3, 0.4) is 0 Å². The molecular weight excluding hydrogens is 385 g/mol. The first kappa shape index (κ1) is 19.0. The van der Waals surface area contributed by atoms with Crippen LogP contribution in [-0.4, -0.2) is 32.5 Å². The van der Waals surface area contributed by atoms with Gasteiger partial charge in [0.25, 0.3) is 5.91 Å². The molecule has 0 saturated heterocycles. The average Bonchev–Trinajstić information content (AvgIpc) is 3.01. The van der Waals surface area contributed by atoms with E-state index in [0.29, 0.717) is 5.52 Å². The Morgan fingerprint density at radius 3 is 2.41 bits per heavy atom. The molecule has 0 saturated carbocycles. The molecule has 0 spiro atoms. The Labute approximate surface area is 164 Å². The second-order valence-corrected chi connectivity index (χ2v) is 7.12. The van der Waals surface area contributed by atoms with Crippen LogP contribution in [0.4, 0.5) is 13.2 Å². The van der Waals surface area contributed by atoms with E-state index in [-0.39, 0.29) is 24.0 Å². The summed E-state index contributed by atoms with van der Waals surface area (Å²) in [5.41, 5.74) is 1.53. The van der Waals surface area contributed by atoms with Crippen molar-refractivity contribution in [2.24, 2.45) is 7.05 Å². The van der Waals surface area contributed by atoms with Crippen LogP contribution in [0.2, 0.25) is 0 Å². The van der Waals surface area contributed by atoms with Crippen molar-refractivity contribution in [3.05, 3.63) is 70.9 Å². The Kier molecular flexibility index (Phi) is 4.37. The Balaban J connectivity index is 1.76. The van der Waals surface area contributed by atoms with Gasteiger partial charge in [-0.15, -0.1) is 0 Å². The van der Waals surface area contributed by atoms with Gasteiger partial charge in [-0.05, 0) is 35.4 Å². The normalized spacial score (nSPS) is 16.7. The van der Waals surface area contributed by atoms with Gasteiger partial charge in [0.2, 0.25) is 0 Å². The topological polar surface area (TPSA) is 62.5 Å². The van der Waals surface area contributed by atoms with E-state index in [1.54, 1.807) is 7.05 Å². The number of carboxylic acids is 1. The lowest BCUT2D eigenvalue weighted by Gasteiger charge is -2.34. The van der Waals surface area contributed by atoms with Crippen LogP contribution in [-0.2, 0) is 31.0 Å². The number of benzene rings is 2. The SMILES string of the molecule is Cn1c(C(=O)N2Cc3ccccc3CC2C(=O)O)cc2cc(C(F)(F)F)ccc21. The molecule has 4 rings (SSSR count). The summed E-state index contributed by atoms with van der Waals surface area (Å²) in [7, 11) is 1.58. The highest BCUT2D eigenvalue weighted by Gasteiger charge is 2.36. The van der Waals surface area contributed by atoms with Gasteiger partial charge in [0.1, 0.15) is 11.7 Å². The maximum Gasteiger partial charge on any atom is 0.416 e. The molecule has 0 radical (unpaired) electrons. The summed E-state index contributed by atoms with van der Waals surface area (Å²) in [5, 5.41) is 9.91. The van der Waals surface area contributed by atoms with Gasteiger partial charge < -0.3 is 14.6 Å². The molecule has 2 aromatic carbocycles. The van der Waals surface area contributed by atoms with Gasteiger partial charge in [0.15, 0.2) is 0 Å². The average molecular weight is 402 g/mol. The highest BCUT2D eigenvalue weighted by molar-refractivity contribution is 6.00. The lowest BCUT2D eigenvalue weighted by molar-refractivity contribution is -0.143. The number of carboxylic acid groups (broad SMARTS) is 1. The number of amides is 1. The Morgan fingerprint density at radius 2 is 1.76 bits per heavy atom. The molecule has 3 aromatic rings. The third kappa shape index (κ3) is 3.24. The fraction of sp³-hybridized carbons (Fsp3) is 0.238. The number of carbonyl (C=O) groups excluding carboxylic acids is 1. The quantitative estimate of drug-likeness (QED) is 0.708. The number of halogens is 3. The second-order valence-electron chi connectivity index (χ2n) is 7.12. The maximum atomic E-state index is 13.2. The van der Waals surface area contributed by atoms with E-state index in [1.807, 2.05) is 24.3 Å². The molecule has 0 bridgehead atoms. The van der Waals surface area contributed by atoms with Crippen molar-refractivity contribution >= 4 is 22.8 Å². The third-order valence-corrected chi connectivity index (χ3v) is 5.38. The van der Waals surface area contributed by atoms with Crippen LogP contribution in [0.1, 0.15) is 27.2 Å². The molecule has 1 aliphatic rings. The summed E-state index contributed by atoms with van der Waals surface area (Å²) in [6.45, 7) is 0.126. The lowest BCUT2D eigenvalue weighted by atomic mass is 9.93. The highest BCUT2D eigenvalue weighted by Crippen LogP contribution is 2.33. The highest BCUT2D eigenvalue weighted by atomic mass is 19.4. The summed E-state index contributed by atoms with van der Waals surface area (Å²) in [4.78, 5) is 26.3. The van der Waals surface area contributed by atoms with Gasteiger partial charge in [-0.3, -0.25) is 4.79 Å². The molecule has 1 aliphatic heterocycles. The van der Waals surface area contributed by atoms with Gasteiger partial charge in [0.05, 0.1) is 5.56 Å². The number of alkyl halides is 3. The first-order chi connectivity index (χ1) is 13.7. The molecule has 150 valence electrons. The van der Waals surface area contributed by atoms with Crippen LogP contribution < -0.4 is 0 Å². The Bertz CT molecular complexity index is 1130. The molecule has 2 heterocycles. The standard InChI is InChI=1S/C21H17F3N2O3/c1-25-16-7-6-15(21(22,23)24)8-14(16)10-17(25)19(27)26-11-13-5-3-2-4-12(13)9-18(26)20(28)29/h2-8,10,18H,9,11H2,1H3,(H,28,29). The molecule has 0 aliphatic carbocycles. The Hall–Kier alpha value is -3.29. The zero-order valence-electron chi connectivity index (χ0n) is 15.4. The van der Waals surface area contributed by atoms with Crippen molar-refractivity contribution < 1.29 is 27.9 Å². The first-order valence-electron chi connectivity index (χ1n) is 8.94. The number of aromatic nitrogens is 1. The van der Waals surface area contributed by atoms with Crippen LogP contribution >= 0.6 is 0 Å². The lowest BCUT2D eigenvalue weighted by Crippen LogP contribution is -2.49. The molecule has 1 N–H and O–H groups in total. The molecule has 1 atom stereocenters. The minimum atomic E-state index is -4.49. The fourth-order valence-electron chi connectivity index (χ4n) is 3.84. The van der Waals surface area contributed by atoms with E-state index >= 15 is 0 Å². The molecular formula is C21H17F3N2O3. The largest absolute Gasteiger partial charge is 0.480 e. The molecule has 8 heteroatoms. The summed E-state index contributed by atoms with van der Waals surface area (Å²) in [6.07, 6.45) is -4.31. The number of nitrogens with zero attached hydrogens (tertiary/aromatic N) is 2. The van der Waals surface area contributed by atoms with E-state index in [9.17, 15) is 27.9 Å². The van der Waals surface area contributed by atoms with Gasteiger partial charge in [-0.1, -0.05) is 24.3 Å². The van der Waals surface area contributed by atoms with E-state index < -0.39 is 29.7 Å². The van der Waals surface area contributed by atoms with Crippen molar-refractivity contribution in [2.45, 2.75) is 25.2 Å². The molecule has 5 nitrogen and oxygen atoms in total. The minimum absolute atomic E-state index is 0.126. The van der Waals surface area contributed by atoms with Crippen LogP contribution in [0, 0.1) is 0 Å². The fourth-order valence-corrected chi connectivity index (χ4v) is 3.84. The van der Waals surface area contributed by atoms with Crippen LogP contribution in [0.15, 0.2) is 48.5 Å². The summed E-state index contributed by atoms with van der Waals surface area (Å²) in [5.74, 6) is -1.65. The van der Waals surface area contributed by atoms with Crippen molar-refractivity contribution in [3.63, 3.8) is 0 Å². The summed E-state index contributed by atoms with van der Waals surface area (Å²) < 4.78 is 40.5. The number of hydrogen-bond acceptors (Lipinski definition) is 2. The summed E-state index contributed by atoms with van der Waals surface area (Å²) >= 11 is 0. The predicted octanol–water partition coefficient (Wildman–Crippen LogP) is 3.85. The molecule has 0 fully saturated rings. The number of rotatable bonds is 2. The van der Waals surface area contributed by atoms with E-state index in [0.717, 1.165) is 23.3 Å². The van der Waals surface area contributed by atoms with Crippen LogP contribution in [0.25, 0.3) is 10.9 Å². The van der Waals surface area contributed by atoms with E-state index in [1.165, 1.54) is 21.6 Å². The van der Waals surface area contributed by atoms with E-state index in [4.69, 9.17) is 0 Å². The van der Waals surface area contributed by atoms with Crippen LogP contribution in [0.5, 0.6) is 0 Å². The number of aliphatic carboxylic acids is 1. The zero-order chi connectivity index (χ0) is 20.9. The monoisotopic (exact) mass is 402 g/mol. The molecule has 1 amide bonds. The van der Waals surface area contributed by atoms with E-state index in [2.05, 4.69) is 0 Å². The number of aryl methyl sites for hydroxylation is 1. The Morgan fingerprint density at radius 1 is 1.07 bits per heavy atom. The molecule has 1 unspecified atom stereocenters. The minimum Gasteiger partial charge on any atom is -0.480 e. The number of carbonyl (C=O) groups is 2. The number of hydrogen-bond donors (Lipinski definition) is 1. The smallest absolute Gasteiger partial charge is 0.416 e. The van der Waals surface area contributed by atoms with Crippen molar-refractivity contribution in [1.29, 1.82) is 0 Å². The van der Waals surface area contributed by atoms with Gasteiger partial charge in [0, 0.05) is 30.9 Å². The maximum absolute atomic E-state index is 13.2. The van der Waals surface area contributed by atoms with Crippen molar-refractivity contribution in [1.82, 2.24) is 9.47 Å². The van der Waals surface area contributed by atoms with Gasteiger partial charge >= 0.3 is 12.1 Å². The van der Waals surface area contributed by atoms with Gasteiger partial charge in [-0.25, -0.2) is 4.79 Å². The number of fused-ring (bicyclic) bond motifs is 2. The van der Waals surface area contributed by atoms with Crippen molar-refractivity contribution in [2.75, 3.05) is 0 Å². The predicted molar refractivity (Wildman–Crippen MR) is 99.4 cm³/mol. The van der Waals surface area contributed by atoms with Gasteiger partial charge in [-0.2, -0.15) is 13.2 Å². The zero-order valence-corrected chi connectivity index (χ0v) is 15.4. The summed E-state index contributed by atoms with van der Waals surface area (Å²) in [6, 6.07) is 10.9. The van der Waals surface area contributed by atoms with Crippen molar-refractivity contribution in [3.8, 4) is 0 Å². The first-order valence-corrected chi connectivity index (χ1v) is 8.94. The molecule has 29 heavy (non-hydrogen) atoms. The third-order valence-electron chi connectivity index (χ3n) is 5.38. The second kappa shape index (κ2) is 6.65. The molecule has 1 aromatic heterocycles.